The first-order valence-corrected chi connectivity index (χ1v) is 10.2. The van der Waals surface area contributed by atoms with Crippen LogP contribution < -0.4 is 4.74 Å². The second-order valence-corrected chi connectivity index (χ2v) is 7.59. The highest BCUT2D eigenvalue weighted by Gasteiger charge is 2.31. The van der Waals surface area contributed by atoms with Gasteiger partial charge in [-0.05, 0) is 48.6 Å². The van der Waals surface area contributed by atoms with Crippen LogP contribution in [0.5, 0.6) is 5.75 Å². The Bertz CT molecular complexity index is 708. The molecule has 0 N–H and O–H groups in total. The summed E-state index contributed by atoms with van der Waals surface area (Å²) in [7, 11) is 0. The normalized spacial score (nSPS) is 15.1. The average molecular weight is 392 g/mol. The molecule has 0 atom stereocenters. The molecule has 1 aromatic carbocycles. The number of hydrogen-bond acceptors (Lipinski definition) is 3. The zero-order valence-corrected chi connectivity index (χ0v) is 16.0. The first-order valence-electron chi connectivity index (χ1n) is 10.2. The van der Waals surface area contributed by atoms with Gasteiger partial charge >= 0.3 is 6.36 Å². The molecular weight excluding hydrogens is 365 g/mol. The van der Waals surface area contributed by atoms with E-state index in [1.165, 1.54) is 75.6 Å². The molecule has 1 aromatic heterocycles. The van der Waals surface area contributed by atoms with E-state index in [0.717, 1.165) is 24.3 Å². The molecule has 1 heterocycles. The third-order valence-corrected chi connectivity index (χ3v) is 5.35. The summed E-state index contributed by atoms with van der Waals surface area (Å²) in [6.07, 6.45) is 12.0. The minimum atomic E-state index is -4.68. The number of aryl methyl sites for hydroxylation is 1. The number of nitrogens with zero attached hydrogens (tertiary/aromatic N) is 2. The Hall–Kier alpha value is -2.11. The van der Waals surface area contributed by atoms with Crippen LogP contribution in [0.1, 0.15) is 63.4 Å². The van der Waals surface area contributed by atoms with Gasteiger partial charge in [0.25, 0.3) is 0 Å². The second kappa shape index (κ2) is 9.89. The predicted octanol–water partition coefficient (Wildman–Crippen LogP) is 6.73. The van der Waals surface area contributed by atoms with Crippen molar-refractivity contribution in [2.45, 2.75) is 70.6 Å². The monoisotopic (exact) mass is 392 g/mol. The van der Waals surface area contributed by atoms with Gasteiger partial charge in [-0.15, -0.1) is 13.2 Å². The van der Waals surface area contributed by atoms with Gasteiger partial charge in [0, 0.05) is 18.0 Å². The zero-order valence-electron chi connectivity index (χ0n) is 16.0. The van der Waals surface area contributed by atoms with Gasteiger partial charge in [0.1, 0.15) is 5.75 Å². The van der Waals surface area contributed by atoms with E-state index in [0.29, 0.717) is 11.4 Å². The Morgan fingerprint density at radius 1 is 0.893 bits per heavy atom. The van der Waals surface area contributed by atoms with Crippen molar-refractivity contribution in [3.05, 3.63) is 42.2 Å². The first kappa shape index (κ1) is 20.6. The van der Waals surface area contributed by atoms with Crippen LogP contribution in [0.4, 0.5) is 13.2 Å². The number of alkyl halides is 3. The van der Waals surface area contributed by atoms with E-state index in [1.807, 2.05) is 0 Å². The van der Waals surface area contributed by atoms with E-state index in [4.69, 9.17) is 0 Å². The molecule has 1 aliphatic rings. The molecule has 1 aliphatic carbocycles. The highest BCUT2D eigenvalue weighted by Crippen LogP contribution is 2.29. The summed E-state index contributed by atoms with van der Waals surface area (Å²) in [6.45, 7) is 0. The van der Waals surface area contributed by atoms with Crippen LogP contribution in [0.3, 0.4) is 0 Å². The zero-order chi connectivity index (χ0) is 19.8. The van der Waals surface area contributed by atoms with Gasteiger partial charge in [-0.25, -0.2) is 9.97 Å². The SMILES string of the molecule is FC(F)(F)Oc1ccc(-c2ncc(CCCCCCC3CCCC3)cn2)cc1. The third kappa shape index (κ3) is 6.80. The van der Waals surface area contributed by atoms with Gasteiger partial charge in [0.05, 0.1) is 0 Å². The highest BCUT2D eigenvalue weighted by atomic mass is 19.4. The van der Waals surface area contributed by atoms with Crippen LogP contribution in [0.15, 0.2) is 36.7 Å². The third-order valence-electron chi connectivity index (χ3n) is 5.35. The average Bonchev–Trinajstić information content (AvgIpc) is 3.18. The van der Waals surface area contributed by atoms with Crippen molar-refractivity contribution in [2.24, 2.45) is 5.92 Å². The molecule has 0 spiro atoms. The summed E-state index contributed by atoms with van der Waals surface area (Å²) in [6, 6.07) is 5.60. The molecule has 0 bridgehead atoms. The minimum absolute atomic E-state index is 0.249. The summed E-state index contributed by atoms with van der Waals surface area (Å²) in [5.41, 5.74) is 1.75. The largest absolute Gasteiger partial charge is 0.573 e. The Kier molecular flexibility index (Phi) is 7.29. The number of hydrogen-bond donors (Lipinski definition) is 0. The van der Waals surface area contributed by atoms with Crippen LogP contribution in [0, 0.1) is 5.92 Å². The molecule has 152 valence electrons. The van der Waals surface area contributed by atoms with Crippen molar-refractivity contribution < 1.29 is 17.9 Å². The standard InChI is InChI=1S/C22H27F3N2O/c23-22(24,25)28-20-13-11-19(12-14-20)21-26-15-18(16-27-21)10-4-2-1-3-7-17-8-5-6-9-17/h11-17H,1-10H2. The Morgan fingerprint density at radius 2 is 1.54 bits per heavy atom. The molecule has 3 nitrogen and oxygen atoms in total. The molecule has 6 heteroatoms. The van der Waals surface area contributed by atoms with E-state index in [9.17, 15) is 13.2 Å². The fourth-order valence-electron chi connectivity index (χ4n) is 3.85. The van der Waals surface area contributed by atoms with Crippen molar-refractivity contribution in [1.82, 2.24) is 9.97 Å². The Labute approximate surface area is 164 Å². The number of unbranched alkanes of at least 4 members (excludes halogenated alkanes) is 3. The van der Waals surface area contributed by atoms with Crippen LogP contribution in [-0.2, 0) is 6.42 Å². The number of ether oxygens (including phenoxy) is 1. The fourth-order valence-corrected chi connectivity index (χ4v) is 3.85. The van der Waals surface area contributed by atoms with E-state index in [2.05, 4.69) is 14.7 Å². The molecule has 0 saturated heterocycles. The van der Waals surface area contributed by atoms with Gasteiger partial charge in [-0.1, -0.05) is 51.4 Å². The number of aromatic nitrogens is 2. The van der Waals surface area contributed by atoms with Crippen LogP contribution >= 0.6 is 0 Å². The maximum absolute atomic E-state index is 12.2. The number of rotatable bonds is 9. The minimum Gasteiger partial charge on any atom is -0.406 e. The van der Waals surface area contributed by atoms with Gasteiger partial charge in [-0.3, -0.25) is 0 Å². The Morgan fingerprint density at radius 3 is 2.18 bits per heavy atom. The Balaban J connectivity index is 1.39. The molecule has 1 saturated carbocycles. The summed E-state index contributed by atoms with van der Waals surface area (Å²) in [5, 5.41) is 0. The van der Waals surface area contributed by atoms with E-state index >= 15 is 0 Å². The fraction of sp³-hybridized carbons (Fsp3) is 0.545. The molecule has 0 amide bonds. The van der Waals surface area contributed by atoms with Crippen molar-refractivity contribution in [3.8, 4) is 17.1 Å². The maximum Gasteiger partial charge on any atom is 0.573 e. The van der Waals surface area contributed by atoms with E-state index in [1.54, 1.807) is 12.4 Å². The summed E-state index contributed by atoms with van der Waals surface area (Å²) >= 11 is 0. The summed E-state index contributed by atoms with van der Waals surface area (Å²) in [4.78, 5) is 8.69. The van der Waals surface area contributed by atoms with E-state index < -0.39 is 6.36 Å². The highest BCUT2D eigenvalue weighted by molar-refractivity contribution is 5.55. The molecule has 2 aromatic rings. The van der Waals surface area contributed by atoms with Gasteiger partial charge in [0.2, 0.25) is 0 Å². The predicted molar refractivity (Wildman–Crippen MR) is 103 cm³/mol. The number of benzene rings is 1. The number of halogens is 3. The first-order chi connectivity index (χ1) is 13.5. The lowest BCUT2D eigenvalue weighted by Gasteiger charge is -2.09. The van der Waals surface area contributed by atoms with Crippen LogP contribution in [0.25, 0.3) is 11.4 Å². The second-order valence-electron chi connectivity index (χ2n) is 7.59. The summed E-state index contributed by atoms with van der Waals surface area (Å²) in [5.74, 6) is 1.23. The topological polar surface area (TPSA) is 35.0 Å². The van der Waals surface area contributed by atoms with Crippen molar-refractivity contribution in [2.75, 3.05) is 0 Å². The van der Waals surface area contributed by atoms with Crippen LogP contribution in [-0.4, -0.2) is 16.3 Å². The van der Waals surface area contributed by atoms with Crippen molar-refractivity contribution >= 4 is 0 Å². The molecule has 3 rings (SSSR count). The lowest BCUT2D eigenvalue weighted by Crippen LogP contribution is -2.16. The quantitative estimate of drug-likeness (QED) is 0.444. The smallest absolute Gasteiger partial charge is 0.406 e. The van der Waals surface area contributed by atoms with Crippen molar-refractivity contribution in [1.29, 1.82) is 0 Å². The lowest BCUT2D eigenvalue weighted by atomic mass is 9.99. The molecular formula is C22H27F3N2O. The van der Waals surface area contributed by atoms with E-state index in [-0.39, 0.29) is 5.75 Å². The molecule has 28 heavy (non-hydrogen) atoms. The maximum atomic E-state index is 12.2. The van der Waals surface area contributed by atoms with Crippen LogP contribution in [0.2, 0.25) is 0 Å². The molecule has 0 unspecified atom stereocenters. The molecule has 0 aliphatic heterocycles. The molecule has 0 radical (unpaired) electrons. The van der Waals surface area contributed by atoms with Gasteiger partial charge in [-0.2, -0.15) is 0 Å². The summed E-state index contributed by atoms with van der Waals surface area (Å²) < 4.78 is 40.5. The lowest BCUT2D eigenvalue weighted by molar-refractivity contribution is -0.274. The molecule has 1 fully saturated rings. The van der Waals surface area contributed by atoms with Gasteiger partial charge < -0.3 is 4.74 Å². The van der Waals surface area contributed by atoms with Crippen molar-refractivity contribution in [3.63, 3.8) is 0 Å². The van der Waals surface area contributed by atoms with Gasteiger partial charge in [0.15, 0.2) is 5.82 Å².